The fraction of sp³-hybridized carbons (Fsp3) is 0.286. The van der Waals surface area contributed by atoms with Crippen LogP contribution in [0.1, 0.15) is 18.1 Å². The molecule has 2 rings (SSSR count). The van der Waals surface area contributed by atoms with Crippen molar-refractivity contribution in [3.05, 3.63) is 47.9 Å². The average Bonchev–Trinajstić information content (AvgIpc) is 2.40. The molecule has 0 saturated carbocycles. The first kappa shape index (κ1) is 15.8. The second-order valence-corrected chi connectivity index (χ2v) is 5.74. The van der Waals surface area contributed by atoms with Crippen LogP contribution in [0.25, 0.3) is 0 Å². The molecule has 0 bridgehead atoms. The molecule has 1 aromatic carbocycles. The van der Waals surface area contributed by atoms with Crippen molar-refractivity contribution in [1.82, 2.24) is 9.97 Å². The zero-order valence-corrected chi connectivity index (χ0v) is 12.1. The van der Waals surface area contributed by atoms with Gasteiger partial charge in [0.05, 0.1) is 11.8 Å². The molecule has 1 heterocycles. The van der Waals surface area contributed by atoms with Crippen LogP contribution in [0, 0.1) is 0 Å². The van der Waals surface area contributed by atoms with E-state index in [-0.39, 0.29) is 18.0 Å². The fourth-order valence-electron chi connectivity index (χ4n) is 1.87. The van der Waals surface area contributed by atoms with Gasteiger partial charge in [0, 0.05) is 23.3 Å². The van der Waals surface area contributed by atoms with Gasteiger partial charge in [0.2, 0.25) is 0 Å². The Morgan fingerprint density at radius 2 is 2.05 bits per heavy atom. The summed E-state index contributed by atoms with van der Waals surface area (Å²) >= 11 is 1.14. The van der Waals surface area contributed by atoms with E-state index in [1.54, 1.807) is 13.0 Å². The molecule has 0 aliphatic carbocycles. The van der Waals surface area contributed by atoms with Gasteiger partial charge in [-0.05, 0) is 31.0 Å². The summed E-state index contributed by atoms with van der Waals surface area (Å²) in [5.74, 6) is 0. The maximum Gasteiger partial charge on any atom is 0.416 e. The van der Waals surface area contributed by atoms with Crippen LogP contribution in [0.15, 0.2) is 46.7 Å². The molecule has 1 unspecified atom stereocenters. The van der Waals surface area contributed by atoms with Gasteiger partial charge in [-0.1, -0.05) is 17.8 Å². The smallest absolute Gasteiger partial charge is 0.328 e. The van der Waals surface area contributed by atoms with Crippen LogP contribution in [0.2, 0.25) is 0 Å². The van der Waals surface area contributed by atoms with E-state index in [4.69, 9.17) is 5.73 Å². The van der Waals surface area contributed by atoms with Crippen molar-refractivity contribution < 1.29 is 13.2 Å². The van der Waals surface area contributed by atoms with Crippen molar-refractivity contribution in [3.63, 3.8) is 0 Å². The lowest BCUT2D eigenvalue weighted by Gasteiger charge is -2.15. The van der Waals surface area contributed by atoms with E-state index >= 15 is 0 Å². The van der Waals surface area contributed by atoms with Crippen molar-refractivity contribution in [2.24, 2.45) is 5.73 Å². The van der Waals surface area contributed by atoms with Crippen molar-refractivity contribution in [3.8, 4) is 0 Å². The van der Waals surface area contributed by atoms with Gasteiger partial charge in [0.1, 0.15) is 5.03 Å². The zero-order chi connectivity index (χ0) is 15.5. The van der Waals surface area contributed by atoms with Gasteiger partial charge in [-0.3, -0.25) is 4.98 Å². The highest BCUT2D eigenvalue weighted by molar-refractivity contribution is 7.99. The summed E-state index contributed by atoms with van der Waals surface area (Å²) in [4.78, 5) is 8.39. The number of halogens is 3. The minimum absolute atomic E-state index is 0.185. The van der Waals surface area contributed by atoms with Crippen molar-refractivity contribution in [2.45, 2.75) is 35.5 Å². The van der Waals surface area contributed by atoms with Gasteiger partial charge in [-0.15, -0.1) is 0 Å². The lowest BCUT2D eigenvalue weighted by molar-refractivity contribution is -0.138. The Bertz CT molecular complexity index is 600. The first-order chi connectivity index (χ1) is 9.86. The largest absolute Gasteiger partial charge is 0.416 e. The van der Waals surface area contributed by atoms with Gasteiger partial charge in [-0.2, -0.15) is 13.2 Å². The van der Waals surface area contributed by atoms with E-state index in [1.807, 2.05) is 0 Å². The topological polar surface area (TPSA) is 51.8 Å². The Morgan fingerprint density at radius 3 is 2.62 bits per heavy atom. The Labute approximate surface area is 124 Å². The Kier molecular flexibility index (Phi) is 4.84. The van der Waals surface area contributed by atoms with E-state index in [2.05, 4.69) is 9.97 Å². The molecule has 0 aliphatic rings. The predicted octanol–water partition coefficient (Wildman–Crippen LogP) is 3.54. The third kappa shape index (κ3) is 4.44. The Hall–Kier alpha value is -1.60. The van der Waals surface area contributed by atoms with Crippen LogP contribution in [-0.4, -0.2) is 16.0 Å². The van der Waals surface area contributed by atoms with E-state index in [1.165, 1.54) is 24.7 Å². The highest BCUT2D eigenvalue weighted by Gasteiger charge is 2.33. The van der Waals surface area contributed by atoms with Crippen LogP contribution in [0.5, 0.6) is 0 Å². The van der Waals surface area contributed by atoms with Gasteiger partial charge in [0.25, 0.3) is 0 Å². The van der Waals surface area contributed by atoms with Crippen LogP contribution in [-0.2, 0) is 12.6 Å². The molecule has 0 radical (unpaired) electrons. The first-order valence-corrected chi connectivity index (χ1v) is 7.07. The SMILES string of the molecule is CC(N)Cc1ccc(Sc2cnccn2)cc1C(F)(F)F. The summed E-state index contributed by atoms with van der Waals surface area (Å²) < 4.78 is 39.4. The molecule has 2 N–H and O–H groups in total. The lowest BCUT2D eigenvalue weighted by atomic mass is 10.0. The fourth-order valence-corrected chi connectivity index (χ4v) is 2.65. The molecule has 0 fully saturated rings. The van der Waals surface area contributed by atoms with Crippen LogP contribution < -0.4 is 5.73 Å². The number of alkyl halides is 3. The third-order valence-electron chi connectivity index (χ3n) is 2.69. The Balaban J connectivity index is 2.33. The molecule has 112 valence electrons. The molecule has 0 saturated heterocycles. The minimum atomic E-state index is -4.40. The highest BCUT2D eigenvalue weighted by atomic mass is 32.2. The molecule has 1 atom stereocenters. The van der Waals surface area contributed by atoms with Gasteiger partial charge in [-0.25, -0.2) is 4.98 Å². The van der Waals surface area contributed by atoms with Crippen LogP contribution in [0.4, 0.5) is 13.2 Å². The highest BCUT2D eigenvalue weighted by Crippen LogP contribution is 2.36. The normalized spacial score (nSPS) is 13.2. The summed E-state index contributed by atoms with van der Waals surface area (Å²) in [6.45, 7) is 1.68. The maximum atomic E-state index is 13.1. The molecule has 0 aliphatic heterocycles. The number of rotatable bonds is 4. The quantitative estimate of drug-likeness (QED) is 0.938. The number of benzene rings is 1. The number of nitrogens with zero attached hydrogens (tertiary/aromatic N) is 2. The summed E-state index contributed by atoms with van der Waals surface area (Å²) in [5, 5.41) is 0.547. The number of nitrogens with two attached hydrogens (primary N) is 1. The van der Waals surface area contributed by atoms with Gasteiger partial charge < -0.3 is 5.73 Å². The second-order valence-electron chi connectivity index (χ2n) is 4.64. The summed E-state index contributed by atoms with van der Waals surface area (Å²) in [7, 11) is 0. The molecule has 21 heavy (non-hydrogen) atoms. The van der Waals surface area contributed by atoms with Gasteiger partial charge >= 0.3 is 6.18 Å². The average molecular weight is 313 g/mol. The molecule has 7 heteroatoms. The van der Waals surface area contributed by atoms with E-state index in [9.17, 15) is 13.2 Å². The van der Waals surface area contributed by atoms with E-state index < -0.39 is 11.7 Å². The molecule has 2 aromatic rings. The molecular weight excluding hydrogens is 299 g/mol. The maximum absolute atomic E-state index is 13.1. The molecule has 3 nitrogen and oxygen atoms in total. The summed E-state index contributed by atoms with van der Waals surface area (Å²) in [5.41, 5.74) is 5.17. The zero-order valence-electron chi connectivity index (χ0n) is 11.3. The first-order valence-electron chi connectivity index (χ1n) is 6.26. The van der Waals surface area contributed by atoms with Crippen molar-refractivity contribution in [2.75, 3.05) is 0 Å². The molecule has 0 amide bonds. The minimum Gasteiger partial charge on any atom is -0.328 e. The lowest BCUT2D eigenvalue weighted by Crippen LogP contribution is -2.20. The summed E-state index contributed by atoms with van der Waals surface area (Å²) in [6.07, 6.45) is 0.302. The molecule has 0 spiro atoms. The van der Waals surface area contributed by atoms with E-state index in [0.717, 1.165) is 17.8 Å². The predicted molar refractivity (Wildman–Crippen MR) is 75.0 cm³/mol. The van der Waals surface area contributed by atoms with Crippen molar-refractivity contribution in [1.29, 1.82) is 0 Å². The number of hydrogen-bond donors (Lipinski definition) is 1. The second kappa shape index (κ2) is 6.44. The number of aromatic nitrogens is 2. The molecule has 1 aromatic heterocycles. The third-order valence-corrected chi connectivity index (χ3v) is 3.60. The van der Waals surface area contributed by atoms with Crippen LogP contribution in [0.3, 0.4) is 0 Å². The van der Waals surface area contributed by atoms with E-state index in [0.29, 0.717) is 9.92 Å². The standard InChI is InChI=1S/C14H14F3N3S/c1-9(18)6-10-2-3-11(7-12(10)14(15,16)17)21-13-8-19-4-5-20-13/h2-5,7-9H,6,18H2,1H3. The molecular formula is C14H14F3N3S. The van der Waals surface area contributed by atoms with Crippen molar-refractivity contribution >= 4 is 11.8 Å². The Morgan fingerprint density at radius 1 is 1.29 bits per heavy atom. The van der Waals surface area contributed by atoms with Gasteiger partial charge in [0.15, 0.2) is 0 Å². The number of hydrogen-bond acceptors (Lipinski definition) is 4. The monoisotopic (exact) mass is 313 g/mol. The van der Waals surface area contributed by atoms with Crippen LogP contribution >= 0.6 is 11.8 Å². The summed E-state index contributed by atoms with van der Waals surface area (Å²) in [6, 6.07) is 3.93.